The summed E-state index contributed by atoms with van der Waals surface area (Å²) in [5.41, 5.74) is 5.34. The summed E-state index contributed by atoms with van der Waals surface area (Å²) >= 11 is 1.90. The van der Waals surface area contributed by atoms with Crippen LogP contribution in [0.4, 0.5) is 0 Å². The number of hydrogen-bond acceptors (Lipinski definition) is 3. The van der Waals surface area contributed by atoms with Crippen molar-refractivity contribution in [3.63, 3.8) is 0 Å². The lowest BCUT2D eigenvalue weighted by molar-refractivity contribution is -0.156. The Morgan fingerprint density at radius 3 is 2.55 bits per heavy atom. The van der Waals surface area contributed by atoms with Gasteiger partial charge < -0.3 is 10.3 Å². The molecule has 1 aromatic rings. The van der Waals surface area contributed by atoms with Crippen LogP contribution < -0.4 is 5.73 Å². The molecular formula is C15H17BrN2O3S. The van der Waals surface area contributed by atoms with E-state index < -0.39 is 37.6 Å². The van der Waals surface area contributed by atoms with Crippen molar-refractivity contribution in [3.8, 4) is 0 Å². The molecule has 22 heavy (non-hydrogen) atoms. The maximum atomic E-state index is 12.8. The lowest BCUT2D eigenvalue weighted by atomic mass is 9.76. The third-order valence-corrected chi connectivity index (χ3v) is 8.33. The topological polar surface area (TPSA) is 86.5 Å². The van der Waals surface area contributed by atoms with Crippen molar-refractivity contribution in [1.29, 1.82) is 0 Å². The van der Waals surface area contributed by atoms with Crippen molar-refractivity contribution in [1.82, 2.24) is 4.90 Å². The summed E-state index contributed by atoms with van der Waals surface area (Å²) in [6.07, 6.45) is 0.268. The van der Waals surface area contributed by atoms with E-state index in [-0.39, 0.29) is 12.3 Å². The Morgan fingerprint density at radius 2 is 2.00 bits per heavy atom. The first kappa shape index (κ1) is 15.8. The Balaban J connectivity index is 2.13. The molecule has 0 unspecified atom stereocenters. The first-order chi connectivity index (χ1) is 10.2. The van der Waals surface area contributed by atoms with E-state index in [2.05, 4.69) is 15.9 Å². The molecule has 0 aliphatic carbocycles. The Morgan fingerprint density at radius 1 is 1.41 bits per heavy atom. The van der Waals surface area contributed by atoms with Gasteiger partial charge in [-0.2, -0.15) is 0 Å². The van der Waals surface area contributed by atoms with Gasteiger partial charge in [0.25, 0.3) is 0 Å². The van der Waals surface area contributed by atoms with Crippen molar-refractivity contribution >= 4 is 38.9 Å². The molecule has 2 aliphatic heterocycles. The zero-order chi connectivity index (χ0) is 16.3. The molecule has 0 bridgehead atoms. The zero-order valence-corrected chi connectivity index (χ0v) is 14.7. The molecule has 0 radical (unpaired) electrons. The summed E-state index contributed by atoms with van der Waals surface area (Å²) in [6.45, 7) is 3.50. The number of halogens is 1. The number of nitrogens with two attached hydrogens (primary N) is 1. The number of benzene rings is 1. The molecule has 2 saturated heterocycles. The van der Waals surface area contributed by atoms with Gasteiger partial charge in [0, 0.05) is 6.42 Å². The number of nitrogens with zero attached hydrogens (tertiary/aromatic N) is 1. The summed E-state index contributed by atoms with van der Waals surface area (Å²) in [4.78, 5) is 25.7. The lowest BCUT2D eigenvalue weighted by Crippen LogP contribution is -2.73. The van der Waals surface area contributed by atoms with E-state index in [1.165, 1.54) is 4.90 Å². The predicted molar refractivity (Wildman–Crippen MR) is 87.6 cm³/mol. The fourth-order valence-corrected chi connectivity index (χ4v) is 6.55. The first-order valence-electron chi connectivity index (χ1n) is 6.97. The van der Waals surface area contributed by atoms with Crippen molar-refractivity contribution in [2.24, 2.45) is 5.73 Å². The molecule has 2 amide bonds. The van der Waals surface area contributed by atoms with E-state index >= 15 is 0 Å². The van der Waals surface area contributed by atoms with Crippen LogP contribution in [0, 0.1) is 0 Å². The van der Waals surface area contributed by atoms with E-state index in [0.29, 0.717) is 0 Å². The average Bonchev–Trinajstić information content (AvgIpc) is 2.64. The molecule has 5 nitrogen and oxygen atoms in total. The average molecular weight is 385 g/mol. The van der Waals surface area contributed by atoms with Crippen molar-refractivity contribution < 1.29 is 14.1 Å². The van der Waals surface area contributed by atoms with Crippen LogP contribution in [0.15, 0.2) is 30.3 Å². The number of primary amides is 1. The van der Waals surface area contributed by atoms with E-state index in [1.54, 1.807) is 13.8 Å². The van der Waals surface area contributed by atoms with Crippen molar-refractivity contribution in [3.05, 3.63) is 35.9 Å². The predicted octanol–water partition coefficient (Wildman–Crippen LogP) is 0.926. The SMILES string of the molecule is CC1(C)[S@+]([O-])[C@@H]2[C@@H](Br)C(=O)N2[C@@]1(Cc1ccccc1)C(N)=O. The van der Waals surface area contributed by atoms with Gasteiger partial charge in [-0.25, -0.2) is 0 Å². The van der Waals surface area contributed by atoms with Gasteiger partial charge in [0.1, 0.15) is 0 Å². The summed E-state index contributed by atoms with van der Waals surface area (Å²) in [6, 6.07) is 9.38. The molecule has 0 saturated carbocycles. The number of hydrogen-bond donors (Lipinski definition) is 1. The highest BCUT2D eigenvalue weighted by atomic mass is 79.9. The third kappa shape index (κ3) is 1.76. The second kappa shape index (κ2) is 4.97. The number of amides is 2. The van der Waals surface area contributed by atoms with Gasteiger partial charge >= 0.3 is 0 Å². The molecule has 0 aromatic heterocycles. The number of carbonyl (C=O) groups is 2. The maximum Gasteiger partial charge on any atom is 0.249 e. The number of alkyl halides is 1. The quantitative estimate of drug-likeness (QED) is 0.477. The van der Waals surface area contributed by atoms with Gasteiger partial charge in [-0.05, 0) is 30.6 Å². The highest BCUT2D eigenvalue weighted by Crippen LogP contribution is 2.55. The van der Waals surface area contributed by atoms with E-state index in [1.807, 2.05) is 30.3 Å². The molecule has 2 heterocycles. The molecule has 2 N–H and O–H groups in total. The van der Waals surface area contributed by atoms with Gasteiger partial charge in [-0.3, -0.25) is 14.5 Å². The minimum absolute atomic E-state index is 0.223. The van der Waals surface area contributed by atoms with Gasteiger partial charge in [-0.1, -0.05) is 46.3 Å². The number of β-lactam (4-membered cyclic amide) rings is 1. The van der Waals surface area contributed by atoms with Crippen LogP contribution in [-0.4, -0.2) is 41.8 Å². The van der Waals surface area contributed by atoms with Crippen LogP contribution in [0.5, 0.6) is 0 Å². The monoisotopic (exact) mass is 384 g/mol. The van der Waals surface area contributed by atoms with Gasteiger partial charge in [0.05, 0.1) is 0 Å². The second-order valence-electron chi connectivity index (χ2n) is 6.20. The third-order valence-electron chi connectivity index (χ3n) is 4.82. The first-order valence-corrected chi connectivity index (χ1v) is 9.10. The molecule has 4 atom stereocenters. The Hall–Kier alpha value is -1.05. The van der Waals surface area contributed by atoms with Crippen LogP contribution in [0.3, 0.4) is 0 Å². The van der Waals surface area contributed by atoms with Gasteiger partial charge in [0.15, 0.2) is 15.1 Å². The molecule has 0 spiro atoms. The normalized spacial score (nSPS) is 35.9. The Bertz CT molecular complexity index is 639. The Kier molecular flexibility index (Phi) is 3.58. The molecule has 2 aliphatic rings. The van der Waals surface area contributed by atoms with Crippen LogP contribution in [0.2, 0.25) is 0 Å². The largest absolute Gasteiger partial charge is 0.614 e. The summed E-state index contributed by atoms with van der Waals surface area (Å²) < 4.78 is 11.9. The minimum Gasteiger partial charge on any atom is -0.614 e. The highest BCUT2D eigenvalue weighted by Gasteiger charge is 2.79. The van der Waals surface area contributed by atoms with Crippen LogP contribution in [0.1, 0.15) is 19.4 Å². The van der Waals surface area contributed by atoms with Crippen LogP contribution in [0.25, 0.3) is 0 Å². The number of rotatable bonds is 3. The number of carbonyl (C=O) groups excluding carboxylic acids is 2. The second-order valence-corrected chi connectivity index (χ2v) is 9.28. The summed E-state index contributed by atoms with van der Waals surface area (Å²) in [7, 11) is 0. The fourth-order valence-electron chi connectivity index (χ4n) is 3.49. The van der Waals surface area contributed by atoms with Crippen molar-refractivity contribution in [2.45, 2.75) is 40.8 Å². The van der Waals surface area contributed by atoms with Crippen LogP contribution >= 0.6 is 15.9 Å². The van der Waals surface area contributed by atoms with E-state index in [9.17, 15) is 14.1 Å². The van der Waals surface area contributed by atoms with Crippen LogP contribution in [-0.2, 0) is 27.2 Å². The smallest absolute Gasteiger partial charge is 0.249 e. The number of fused-ring (bicyclic) bond motifs is 1. The molecule has 3 rings (SSSR count). The molecular weight excluding hydrogens is 368 g/mol. The summed E-state index contributed by atoms with van der Waals surface area (Å²) in [5.74, 6) is -0.830. The standard InChI is InChI=1S/C15H17BrN2O3S/c1-14(2)15(13(17)20,8-9-6-4-3-5-7-9)18-11(19)10(16)12(18)22(14)21/h3-7,10,12H,8H2,1-2H3,(H2,17,20)/t10-,12+,15-,22+/m0/s1. The van der Waals surface area contributed by atoms with E-state index in [0.717, 1.165) is 5.56 Å². The molecule has 2 fully saturated rings. The minimum atomic E-state index is -1.38. The highest BCUT2D eigenvalue weighted by molar-refractivity contribution is 9.10. The zero-order valence-electron chi connectivity index (χ0n) is 12.3. The molecule has 1 aromatic carbocycles. The van der Waals surface area contributed by atoms with Gasteiger partial charge in [-0.15, -0.1) is 0 Å². The van der Waals surface area contributed by atoms with E-state index in [4.69, 9.17) is 5.73 Å². The van der Waals surface area contributed by atoms with Crippen molar-refractivity contribution in [2.75, 3.05) is 0 Å². The summed E-state index contributed by atoms with van der Waals surface area (Å²) in [5, 5.41) is -0.501. The molecule has 7 heteroatoms. The Labute approximate surface area is 140 Å². The molecule has 118 valence electrons. The maximum absolute atomic E-state index is 12.8. The fraction of sp³-hybridized carbons (Fsp3) is 0.467. The van der Waals surface area contributed by atoms with Gasteiger partial charge in [0.2, 0.25) is 17.2 Å². The lowest BCUT2D eigenvalue weighted by Gasteiger charge is -2.45.